The number of phenols is 1. The highest BCUT2D eigenvalue weighted by Crippen LogP contribution is 2.65. The molecule has 4 heterocycles. The predicted octanol–water partition coefficient (Wildman–Crippen LogP) is 9.70. The number of allylic oxidation sites excluding steroid dienone is 2. The lowest BCUT2D eigenvalue weighted by Crippen LogP contribution is -2.49. The van der Waals surface area contributed by atoms with Crippen molar-refractivity contribution in [3.8, 4) is 22.1 Å². The van der Waals surface area contributed by atoms with Crippen molar-refractivity contribution in [2.24, 2.45) is 36.1 Å². The highest BCUT2D eigenvalue weighted by molar-refractivity contribution is 9.13. The van der Waals surface area contributed by atoms with Gasteiger partial charge in [0.05, 0.1) is 45.3 Å². The summed E-state index contributed by atoms with van der Waals surface area (Å²) in [5, 5.41) is 17.4. The lowest BCUT2D eigenvalue weighted by atomic mass is 9.51. The second-order valence-electron chi connectivity index (χ2n) is 15.0. The molecule has 3 fully saturated rings. The number of amides is 4. The van der Waals surface area contributed by atoms with E-state index in [4.69, 9.17) is 21.4 Å². The van der Waals surface area contributed by atoms with Gasteiger partial charge < -0.3 is 9.84 Å². The first kappa shape index (κ1) is 37.7. The van der Waals surface area contributed by atoms with Gasteiger partial charge in [-0.3, -0.25) is 28.8 Å². The van der Waals surface area contributed by atoms with Crippen LogP contribution in [0.5, 0.6) is 11.5 Å². The molecule has 56 heavy (non-hydrogen) atoms. The van der Waals surface area contributed by atoms with Crippen LogP contribution in [0.2, 0.25) is 5.02 Å². The molecule has 10 nitrogen and oxygen atoms in total. The predicted molar refractivity (Wildman–Crippen MR) is 225 cm³/mol. The number of nitrogens with zero attached hydrogens (tertiary/aromatic N) is 4. The fourth-order valence-electron chi connectivity index (χ4n) is 9.62. The number of aryl methyl sites for hydroxylation is 2. The van der Waals surface area contributed by atoms with Crippen molar-refractivity contribution in [1.82, 2.24) is 9.78 Å². The quantitative estimate of drug-likeness (QED) is 0.138. The van der Waals surface area contributed by atoms with Crippen LogP contribution in [-0.2, 0) is 26.2 Å². The molecule has 15 heteroatoms. The van der Waals surface area contributed by atoms with E-state index >= 15 is 9.59 Å². The van der Waals surface area contributed by atoms with Crippen LogP contribution in [0.3, 0.4) is 0 Å². The Labute approximate surface area is 355 Å². The lowest BCUT2D eigenvalue weighted by Gasteiger charge is -2.49. The molecular weight excluding hydrogens is 952 g/mol. The number of carbonyl (C=O) groups excluding carboxylic acids is 4. The van der Waals surface area contributed by atoms with E-state index in [0.717, 1.165) is 30.6 Å². The molecule has 2 saturated heterocycles. The summed E-state index contributed by atoms with van der Waals surface area (Å²) < 4.78 is 9.81. The first-order valence-corrected chi connectivity index (χ1v) is 21.4. The van der Waals surface area contributed by atoms with Crippen LogP contribution in [0.15, 0.2) is 79.7 Å². The van der Waals surface area contributed by atoms with E-state index in [1.54, 1.807) is 59.5 Å². The van der Waals surface area contributed by atoms with Crippen molar-refractivity contribution in [2.45, 2.75) is 32.6 Å². The molecule has 0 unspecified atom stereocenters. The monoisotopic (exact) mass is 980 g/mol. The molecule has 2 aromatic heterocycles. The van der Waals surface area contributed by atoms with Gasteiger partial charge in [-0.15, -0.1) is 11.3 Å². The number of carbonyl (C=O) groups is 4. The van der Waals surface area contributed by atoms with Crippen LogP contribution in [0, 0.1) is 36.0 Å². The number of rotatable bonds is 5. The molecule has 286 valence electrons. The van der Waals surface area contributed by atoms with Crippen molar-refractivity contribution < 1.29 is 29.0 Å². The summed E-state index contributed by atoms with van der Waals surface area (Å²) in [5.41, 5.74) is 2.15. The second kappa shape index (κ2) is 13.4. The molecule has 1 saturated carbocycles. The molecule has 2 aliphatic carbocycles. The smallest absolute Gasteiger partial charge is 0.242 e. The summed E-state index contributed by atoms with van der Waals surface area (Å²) in [6.45, 7) is 3.82. The molecule has 4 aliphatic rings. The third kappa shape index (κ3) is 5.24. The van der Waals surface area contributed by atoms with Gasteiger partial charge in [0, 0.05) is 37.7 Å². The molecule has 0 bridgehead atoms. The maximum absolute atomic E-state index is 15.3. The average molecular weight is 984 g/mol. The number of anilines is 2. The van der Waals surface area contributed by atoms with Crippen LogP contribution < -0.4 is 14.5 Å². The Morgan fingerprint density at radius 3 is 2.39 bits per heavy atom. The van der Waals surface area contributed by atoms with E-state index in [-0.39, 0.29) is 36.2 Å². The Balaban J connectivity index is 1.19. The number of ether oxygens (including phenoxy) is 1. The maximum Gasteiger partial charge on any atom is 0.242 e. The summed E-state index contributed by atoms with van der Waals surface area (Å²) in [5.74, 6) is -4.59. The number of benzene rings is 3. The third-order valence-corrected chi connectivity index (χ3v) is 16.5. The van der Waals surface area contributed by atoms with E-state index < -0.39 is 46.8 Å². The van der Waals surface area contributed by atoms with Crippen LogP contribution in [0.4, 0.5) is 11.5 Å². The zero-order valence-corrected chi connectivity index (χ0v) is 36.6. The van der Waals surface area contributed by atoms with Crippen LogP contribution >= 0.6 is 70.7 Å². The summed E-state index contributed by atoms with van der Waals surface area (Å²) in [7, 11) is 3.15. The molecule has 1 N–H and O–H groups in total. The Bertz CT molecular complexity index is 2620. The third-order valence-electron chi connectivity index (χ3n) is 12.3. The van der Waals surface area contributed by atoms with Gasteiger partial charge in [0.1, 0.15) is 11.5 Å². The molecule has 0 radical (unpaired) electrons. The molecule has 0 spiro atoms. The highest BCUT2D eigenvalue weighted by Gasteiger charge is 2.68. The first-order valence-electron chi connectivity index (χ1n) is 17.9. The number of hydrogen-bond donors (Lipinski definition) is 1. The number of methoxy groups -OCH3 is 1. The molecule has 6 atom stereocenters. The Morgan fingerprint density at radius 2 is 1.68 bits per heavy atom. The number of thiophene rings is 1. The number of halogens is 4. The Morgan fingerprint density at radius 1 is 0.946 bits per heavy atom. The van der Waals surface area contributed by atoms with E-state index in [2.05, 4.69) is 47.8 Å². The topological polar surface area (TPSA) is 122 Å². The van der Waals surface area contributed by atoms with Gasteiger partial charge >= 0.3 is 0 Å². The summed E-state index contributed by atoms with van der Waals surface area (Å²) in [4.78, 5) is 62.3. The highest BCUT2D eigenvalue weighted by atomic mass is 79.9. The molecule has 9 rings (SSSR count). The zero-order chi connectivity index (χ0) is 39.7. The number of aromatic hydroxyl groups is 1. The van der Waals surface area contributed by atoms with E-state index in [1.807, 2.05) is 38.1 Å². The Kier molecular flexibility index (Phi) is 9.01. The van der Waals surface area contributed by atoms with E-state index in [1.165, 1.54) is 16.9 Å². The number of fused-ring (bicyclic) bond motifs is 5. The lowest BCUT2D eigenvalue weighted by molar-refractivity contribution is -0.131. The van der Waals surface area contributed by atoms with Gasteiger partial charge in [-0.25, -0.2) is 4.90 Å². The van der Waals surface area contributed by atoms with Gasteiger partial charge in [-0.05, 0) is 130 Å². The largest absolute Gasteiger partial charge is 0.503 e. The second-order valence-corrected chi connectivity index (χ2v) is 19.0. The maximum atomic E-state index is 15.3. The van der Waals surface area contributed by atoms with E-state index in [0.29, 0.717) is 36.7 Å². The fourth-order valence-corrected chi connectivity index (χ4v) is 12.2. The summed E-state index contributed by atoms with van der Waals surface area (Å²) >= 11 is 18.5. The summed E-state index contributed by atoms with van der Waals surface area (Å²) in [6, 6.07) is 16.2. The van der Waals surface area contributed by atoms with Crippen molar-refractivity contribution in [3.05, 3.63) is 95.8 Å². The zero-order valence-electron chi connectivity index (χ0n) is 30.3. The van der Waals surface area contributed by atoms with Crippen molar-refractivity contribution in [1.29, 1.82) is 0 Å². The minimum Gasteiger partial charge on any atom is -0.503 e. The van der Waals surface area contributed by atoms with Crippen molar-refractivity contribution in [2.75, 3.05) is 16.9 Å². The molecular formula is C41H32Br3ClN4O6S. The minimum absolute atomic E-state index is 0.131. The summed E-state index contributed by atoms with van der Waals surface area (Å²) in [6.07, 6.45) is 2.46. The number of imide groups is 2. The van der Waals surface area contributed by atoms with Crippen LogP contribution in [0.25, 0.3) is 20.7 Å². The molecule has 5 aromatic rings. The SMILES string of the molecule is COc1cc([C@H]2C3=CC[C@@H]4C(=O)N(c5ccc(Br)cc5)C(=O)[C@@H]4[C@@H]3C[C@H]3C(=O)N(c4cc(-c5sc6ccc(Cl)cc6c5C)nn4C)C(=O)[C@@]23C)c(Br)c(Br)c1O. The van der Waals surface area contributed by atoms with Crippen molar-refractivity contribution >= 4 is 116 Å². The number of hydrogen-bond acceptors (Lipinski definition) is 8. The molecule has 2 aliphatic heterocycles. The first-order chi connectivity index (χ1) is 26.7. The van der Waals surface area contributed by atoms with Gasteiger partial charge in [-0.1, -0.05) is 39.2 Å². The van der Waals surface area contributed by atoms with Crippen LogP contribution in [0.1, 0.15) is 36.8 Å². The standard InChI is InChI=1S/C41H32Br3ClN4O6S/c1-17-23-13-19(45)7-12-29(23)56-36(17)27-16-30(47(3)46-27)49-38(52)26-14-24-21(10-11-22-31(24)39(53)48(37(22)51)20-8-5-18(42)6-9-20)32(41(26,2)40(49)54)25-15-28(55-4)35(50)34(44)33(25)43/h5-10,12-13,15-16,22,24,26,31-32,50H,11,14H2,1-4H3/t22-,24+,26-,31-,32+,41+/m0/s1. The normalized spacial score (nSPS) is 25.9. The average Bonchev–Trinajstić information content (AvgIpc) is 3.85. The van der Waals surface area contributed by atoms with E-state index in [9.17, 15) is 14.7 Å². The van der Waals surface area contributed by atoms with Gasteiger partial charge in [-0.2, -0.15) is 5.10 Å². The molecule has 3 aromatic carbocycles. The molecule has 4 amide bonds. The van der Waals surface area contributed by atoms with Gasteiger partial charge in [0.15, 0.2) is 11.5 Å². The fraction of sp³-hybridized carbons (Fsp3) is 0.293. The Hall–Kier alpha value is -3.82. The number of phenolic OH excluding ortho intramolecular Hbond substituents is 1. The van der Waals surface area contributed by atoms with Crippen molar-refractivity contribution in [3.63, 3.8) is 0 Å². The minimum atomic E-state index is -1.35. The number of aromatic nitrogens is 2. The van der Waals surface area contributed by atoms with Gasteiger partial charge in [0.2, 0.25) is 23.6 Å². The van der Waals surface area contributed by atoms with Crippen LogP contribution in [-0.4, -0.2) is 45.6 Å². The van der Waals surface area contributed by atoms with Gasteiger partial charge in [0.25, 0.3) is 0 Å².